The number of hydrogen-bond donors (Lipinski definition) is 1. The van der Waals surface area contributed by atoms with Crippen LogP contribution in [0.15, 0.2) is 10.7 Å². The third kappa shape index (κ3) is 3.08. The minimum atomic E-state index is -0.968. The first-order chi connectivity index (χ1) is 11.5. The van der Waals surface area contributed by atoms with Crippen LogP contribution in [-0.2, 0) is 12.1 Å². The molecular weight excluding hydrogens is 308 g/mol. The highest BCUT2D eigenvalue weighted by atomic mass is 16.5. The number of rotatable bonds is 5. The normalized spacial score (nSPS) is 25.5. The molecular formula is C16H24N6O2. The van der Waals surface area contributed by atoms with Crippen molar-refractivity contribution in [2.75, 3.05) is 13.1 Å². The molecule has 0 radical (unpaired) electrons. The summed E-state index contributed by atoms with van der Waals surface area (Å²) in [4.78, 5) is 6.64. The van der Waals surface area contributed by atoms with Crippen LogP contribution in [0.2, 0.25) is 0 Å². The molecule has 2 fully saturated rings. The van der Waals surface area contributed by atoms with E-state index < -0.39 is 5.60 Å². The van der Waals surface area contributed by atoms with E-state index in [1.807, 2.05) is 20.0 Å². The quantitative estimate of drug-likeness (QED) is 0.889. The largest absolute Gasteiger partial charge is 0.382 e. The Balaban J connectivity index is 1.45. The zero-order valence-corrected chi connectivity index (χ0v) is 14.2. The van der Waals surface area contributed by atoms with Gasteiger partial charge in [-0.15, -0.1) is 5.10 Å². The summed E-state index contributed by atoms with van der Waals surface area (Å²) in [7, 11) is 0. The van der Waals surface area contributed by atoms with E-state index in [-0.39, 0.29) is 6.04 Å². The molecule has 1 saturated carbocycles. The van der Waals surface area contributed by atoms with Crippen LogP contribution in [0.3, 0.4) is 0 Å². The van der Waals surface area contributed by atoms with Gasteiger partial charge < -0.3 is 9.63 Å². The van der Waals surface area contributed by atoms with Crippen LogP contribution in [0.25, 0.3) is 0 Å². The molecule has 0 unspecified atom stereocenters. The van der Waals surface area contributed by atoms with Crippen molar-refractivity contribution in [2.45, 2.75) is 63.6 Å². The molecule has 2 aromatic rings. The maximum atomic E-state index is 11.1. The third-order valence-corrected chi connectivity index (χ3v) is 4.85. The first-order valence-corrected chi connectivity index (χ1v) is 8.73. The Morgan fingerprint density at radius 1 is 1.42 bits per heavy atom. The Bertz CT molecular complexity index is 707. The fraction of sp³-hybridized carbons (Fsp3) is 0.750. The number of hydrogen-bond acceptors (Lipinski definition) is 7. The second kappa shape index (κ2) is 5.93. The van der Waals surface area contributed by atoms with E-state index in [4.69, 9.17) is 4.52 Å². The Hall–Kier alpha value is -1.80. The van der Waals surface area contributed by atoms with E-state index in [1.165, 1.54) is 0 Å². The van der Waals surface area contributed by atoms with E-state index in [9.17, 15) is 5.11 Å². The number of aliphatic hydroxyl groups is 1. The molecule has 0 aromatic carbocycles. The van der Waals surface area contributed by atoms with Crippen LogP contribution in [0, 0.1) is 0 Å². The zero-order chi connectivity index (χ0) is 16.7. The molecule has 1 aliphatic carbocycles. The molecule has 4 rings (SSSR count). The monoisotopic (exact) mass is 332 g/mol. The number of nitrogens with zero attached hydrogens (tertiary/aromatic N) is 6. The van der Waals surface area contributed by atoms with Crippen LogP contribution in [0.4, 0.5) is 0 Å². The van der Waals surface area contributed by atoms with Crippen molar-refractivity contribution in [3.05, 3.63) is 23.6 Å². The van der Waals surface area contributed by atoms with Crippen molar-refractivity contribution in [1.29, 1.82) is 0 Å². The van der Waals surface area contributed by atoms with Crippen LogP contribution in [0.5, 0.6) is 0 Å². The van der Waals surface area contributed by atoms with Gasteiger partial charge in [-0.05, 0) is 46.1 Å². The van der Waals surface area contributed by atoms with Crippen molar-refractivity contribution in [3.8, 4) is 0 Å². The second-order valence-electron chi connectivity index (χ2n) is 7.34. The zero-order valence-electron chi connectivity index (χ0n) is 14.2. The first-order valence-electron chi connectivity index (χ1n) is 8.73. The van der Waals surface area contributed by atoms with E-state index >= 15 is 0 Å². The molecule has 3 heterocycles. The van der Waals surface area contributed by atoms with Crippen molar-refractivity contribution in [2.24, 2.45) is 0 Å². The lowest BCUT2D eigenvalue weighted by Crippen LogP contribution is -2.46. The maximum absolute atomic E-state index is 11.1. The van der Waals surface area contributed by atoms with Crippen molar-refractivity contribution in [1.82, 2.24) is 30.0 Å². The molecule has 24 heavy (non-hydrogen) atoms. The molecule has 0 amide bonds. The standard InChI is InChI=1S/C16H24N6O2/c1-11(2)22-8-13(18-20-22)16(23)6-3-7-21(10-16)9-14-17-15(19-24-14)12-4-5-12/h8,11-12,23H,3-7,9-10H2,1-2H3/t16-/m0/s1. The predicted octanol–water partition coefficient (Wildman–Crippen LogP) is 1.60. The smallest absolute Gasteiger partial charge is 0.240 e. The molecule has 2 aliphatic rings. The number of piperidine rings is 1. The molecule has 0 bridgehead atoms. The van der Waals surface area contributed by atoms with E-state index in [0.29, 0.717) is 37.0 Å². The highest BCUT2D eigenvalue weighted by Crippen LogP contribution is 2.38. The van der Waals surface area contributed by atoms with E-state index in [1.54, 1.807) is 4.68 Å². The topological polar surface area (TPSA) is 93.1 Å². The molecule has 130 valence electrons. The van der Waals surface area contributed by atoms with Crippen molar-refractivity contribution >= 4 is 0 Å². The molecule has 1 N–H and O–H groups in total. The molecule has 8 nitrogen and oxygen atoms in total. The molecule has 1 saturated heterocycles. The van der Waals surface area contributed by atoms with E-state index in [0.717, 1.165) is 31.6 Å². The first kappa shape index (κ1) is 15.7. The molecule has 2 aromatic heterocycles. The summed E-state index contributed by atoms with van der Waals surface area (Å²) < 4.78 is 7.15. The van der Waals surface area contributed by atoms with Crippen LogP contribution >= 0.6 is 0 Å². The predicted molar refractivity (Wildman–Crippen MR) is 85.1 cm³/mol. The highest BCUT2D eigenvalue weighted by molar-refractivity contribution is 5.10. The summed E-state index contributed by atoms with van der Waals surface area (Å²) in [5.41, 5.74) is -0.324. The number of likely N-dealkylation sites (tertiary alicyclic amines) is 1. The second-order valence-corrected chi connectivity index (χ2v) is 7.34. The summed E-state index contributed by atoms with van der Waals surface area (Å²) in [5.74, 6) is 1.95. The van der Waals surface area contributed by atoms with Gasteiger partial charge >= 0.3 is 0 Å². The Morgan fingerprint density at radius 3 is 2.96 bits per heavy atom. The van der Waals surface area contributed by atoms with Crippen LogP contribution < -0.4 is 0 Å². The van der Waals surface area contributed by atoms with E-state index in [2.05, 4.69) is 25.4 Å². The minimum Gasteiger partial charge on any atom is -0.382 e. The van der Waals surface area contributed by atoms with Crippen LogP contribution in [0.1, 0.15) is 68.9 Å². The average Bonchev–Trinajstić information content (AvgIpc) is 3.08. The van der Waals surface area contributed by atoms with Gasteiger partial charge in [-0.25, -0.2) is 4.68 Å². The van der Waals surface area contributed by atoms with Gasteiger partial charge in [0.2, 0.25) is 5.89 Å². The van der Waals surface area contributed by atoms with Gasteiger partial charge in [-0.2, -0.15) is 4.98 Å². The lowest BCUT2D eigenvalue weighted by Gasteiger charge is -2.37. The van der Waals surface area contributed by atoms with Gasteiger partial charge in [0.25, 0.3) is 0 Å². The lowest BCUT2D eigenvalue weighted by molar-refractivity contribution is -0.0436. The van der Waals surface area contributed by atoms with Crippen molar-refractivity contribution < 1.29 is 9.63 Å². The minimum absolute atomic E-state index is 0.230. The highest BCUT2D eigenvalue weighted by Gasteiger charge is 2.38. The summed E-state index contributed by atoms with van der Waals surface area (Å²) in [6, 6.07) is 0.230. The van der Waals surface area contributed by atoms with Gasteiger partial charge in [-0.3, -0.25) is 4.90 Å². The van der Waals surface area contributed by atoms with Gasteiger partial charge in [0.15, 0.2) is 5.82 Å². The molecule has 8 heteroatoms. The summed E-state index contributed by atoms with van der Waals surface area (Å²) in [5, 5.41) is 23.4. The Kier molecular flexibility index (Phi) is 3.88. The SMILES string of the molecule is CC(C)n1cc([C@]2(O)CCCN(Cc3nc(C4CC4)no3)C2)nn1. The Morgan fingerprint density at radius 2 is 2.25 bits per heavy atom. The fourth-order valence-electron chi connectivity index (χ4n) is 3.24. The van der Waals surface area contributed by atoms with Crippen LogP contribution in [-0.4, -0.2) is 48.2 Å². The summed E-state index contributed by atoms with van der Waals surface area (Å²) >= 11 is 0. The summed E-state index contributed by atoms with van der Waals surface area (Å²) in [6.45, 7) is 6.07. The Labute approximate surface area is 140 Å². The number of aromatic nitrogens is 5. The summed E-state index contributed by atoms with van der Waals surface area (Å²) in [6.07, 6.45) is 5.76. The van der Waals surface area contributed by atoms with Crippen molar-refractivity contribution in [3.63, 3.8) is 0 Å². The molecule has 1 atom stereocenters. The average molecular weight is 332 g/mol. The van der Waals surface area contributed by atoms with Gasteiger partial charge in [0.05, 0.1) is 12.7 Å². The third-order valence-electron chi connectivity index (χ3n) is 4.85. The molecule has 0 spiro atoms. The maximum Gasteiger partial charge on any atom is 0.240 e. The van der Waals surface area contributed by atoms with Gasteiger partial charge in [0, 0.05) is 18.5 Å². The van der Waals surface area contributed by atoms with Gasteiger partial charge in [-0.1, -0.05) is 10.4 Å². The number of β-amino-alcohol motifs (C(OH)–C–C–N with tert-alkyl or cyclic N) is 1. The van der Waals surface area contributed by atoms with Gasteiger partial charge in [0.1, 0.15) is 11.3 Å². The lowest BCUT2D eigenvalue weighted by atomic mass is 9.90. The molecule has 1 aliphatic heterocycles. The fourth-order valence-corrected chi connectivity index (χ4v) is 3.24.